The number of hydrogen-bond donors (Lipinski definition) is 2. The minimum atomic E-state index is -0.247. The summed E-state index contributed by atoms with van der Waals surface area (Å²) in [6.07, 6.45) is 5.62. The zero-order valence-electron chi connectivity index (χ0n) is 13.1. The molecular formula is C17H20N2O3S. The van der Waals surface area contributed by atoms with Crippen molar-refractivity contribution in [2.45, 2.75) is 39.0 Å². The molecule has 2 aromatic rings. The normalized spacial score (nSPS) is 16.7. The third kappa shape index (κ3) is 4.01. The van der Waals surface area contributed by atoms with Crippen LogP contribution in [0.25, 0.3) is 0 Å². The van der Waals surface area contributed by atoms with E-state index >= 15 is 0 Å². The van der Waals surface area contributed by atoms with Crippen molar-refractivity contribution in [3.8, 4) is 0 Å². The van der Waals surface area contributed by atoms with E-state index in [0.717, 1.165) is 18.6 Å². The number of rotatable bonds is 4. The summed E-state index contributed by atoms with van der Waals surface area (Å²) >= 11 is 1.53. The van der Waals surface area contributed by atoms with Crippen molar-refractivity contribution in [3.63, 3.8) is 0 Å². The number of hydrazine groups is 1. The predicted octanol–water partition coefficient (Wildman–Crippen LogP) is 2.86. The largest absolute Gasteiger partial charge is 0.469 e. The third-order valence-corrected chi connectivity index (χ3v) is 5.28. The molecule has 0 aliphatic heterocycles. The van der Waals surface area contributed by atoms with Gasteiger partial charge in [0.2, 0.25) is 5.91 Å². The van der Waals surface area contributed by atoms with Crippen molar-refractivity contribution in [1.82, 2.24) is 10.9 Å². The van der Waals surface area contributed by atoms with Crippen LogP contribution in [0.4, 0.5) is 0 Å². The molecule has 1 aliphatic rings. The van der Waals surface area contributed by atoms with E-state index in [4.69, 9.17) is 4.42 Å². The number of furan rings is 1. The molecule has 1 atom stereocenters. The summed E-state index contributed by atoms with van der Waals surface area (Å²) in [4.78, 5) is 25.9. The number of amides is 2. The molecule has 122 valence electrons. The SMILES string of the molecule is C[C@H]1CCc2sc(C(=O)NNC(=O)CCc3ccco3)cc2C1. The fourth-order valence-corrected chi connectivity index (χ4v) is 3.86. The van der Waals surface area contributed by atoms with Crippen LogP contribution < -0.4 is 10.9 Å². The van der Waals surface area contributed by atoms with Gasteiger partial charge >= 0.3 is 0 Å². The Hall–Kier alpha value is -2.08. The molecule has 5 nitrogen and oxygen atoms in total. The molecule has 0 saturated heterocycles. The first kappa shape index (κ1) is 15.8. The Balaban J connectivity index is 1.48. The maximum atomic E-state index is 12.1. The van der Waals surface area contributed by atoms with Crippen molar-refractivity contribution in [3.05, 3.63) is 45.5 Å². The van der Waals surface area contributed by atoms with Gasteiger partial charge in [-0.15, -0.1) is 11.3 Å². The van der Waals surface area contributed by atoms with Gasteiger partial charge in [-0.25, -0.2) is 0 Å². The van der Waals surface area contributed by atoms with Gasteiger partial charge < -0.3 is 4.42 Å². The van der Waals surface area contributed by atoms with E-state index in [1.807, 2.05) is 12.1 Å². The highest BCUT2D eigenvalue weighted by Crippen LogP contribution is 2.32. The van der Waals surface area contributed by atoms with Crippen LogP contribution in [-0.2, 0) is 24.1 Å². The summed E-state index contributed by atoms with van der Waals surface area (Å²) in [7, 11) is 0. The van der Waals surface area contributed by atoms with Gasteiger partial charge in [0.05, 0.1) is 11.1 Å². The number of aryl methyl sites for hydroxylation is 2. The fourth-order valence-electron chi connectivity index (χ4n) is 2.76. The van der Waals surface area contributed by atoms with Crippen molar-refractivity contribution < 1.29 is 14.0 Å². The van der Waals surface area contributed by atoms with Crippen molar-refractivity contribution in [2.75, 3.05) is 0 Å². The zero-order valence-corrected chi connectivity index (χ0v) is 13.9. The molecule has 2 N–H and O–H groups in total. The quantitative estimate of drug-likeness (QED) is 0.846. The summed E-state index contributed by atoms with van der Waals surface area (Å²) in [5.41, 5.74) is 6.23. The van der Waals surface area contributed by atoms with Crippen LogP contribution >= 0.6 is 11.3 Å². The van der Waals surface area contributed by atoms with E-state index < -0.39 is 0 Å². The Morgan fingerprint density at radius 2 is 2.26 bits per heavy atom. The van der Waals surface area contributed by atoms with Crippen LogP contribution in [0, 0.1) is 5.92 Å². The Bertz CT molecular complexity index is 691. The molecular weight excluding hydrogens is 312 g/mol. The smallest absolute Gasteiger partial charge is 0.279 e. The lowest BCUT2D eigenvalue weighted by atomic mass is 9.90. The average molecular weight is 332 g/mol. The van der Waals surface area contributed by atoms with Crippen LogP contribution in [0.1, 0.15) is 45.6 Å². The third-order valence-electron chi connectivity index (χ3n) is 4.05. The van der Waals surface area contributed by atoms with Crippen LogP contribution in [0.3, 0.4) is 0 Å². The molecule has 1 aliphatic carbocycles. The lowest BCUT2D eigenvalue weighted by Crippen LogP contribution is -2.41. The molecule has 0 spiro atoms. The molecule has 23 heavy (non-hydrogen) atoms. The zero-order chi connectivity index (χ0) is 16.2. The maximum absolute atomic E-state index is 12.1. The van der Waals surface area contributed by atoms with Crippen molar-refractivity contribution >= 4 is 23.2 Å². The van der Waals surface area contributed by atoms with E-state index in [0.29, 0.717) is 17.2 Å². The Labute approximate surface area is 139 Å². The van der Waals surface area contributed by atoms with Gasteiger partial charge in [-0.05, 0) is 48.9 Å². The molecule has 0 fully saturated rings. The molecule has 2 amide bonds. The van der Waals surface area contributed by atoms with Crippen molar-refractivity contribution in [1.29, 1.82) is 0 Å². The van der Waals surface area contributed by atoms with Crippen LogP contribution in [0.5, 0.6) is 0 Å². The first-order valence-electron chi connectivity index (χ1n) is 7.85. The number of carbonyl (C=O) groups is 2. The minimum Gasteiger partial charge on any atom is -0.469 e. The molecule has 2 aromatic heterocycles. The Kier molecular flexibility index (Phi) is 4.81. The average Bonchev–Trinajstić information content (AvgIpc) is 3.19. The monoisotopic (exact) mass is 332 g/mol. The van der Waals surface area contributed by atoms with Crippen LogP contribution in [0.15, 0.2) is 28.9 Å². The standard InChI is InChI=1S/C17H20N2O3S/c1-11-4-6-14-12(9-11)10-15(23-14)17(21)19-18-16(20)7-5-13-3-2-8-22-13/h2-3,8,10-11H,4-7,9H2,1H3,(H,18,20)(H,19,21)/t11-/m0/s1. The predicted molar refractivity (Wildman–Crippen MR) is 88.1 cm³/mol. The molecule has 3 rings (SSSR count). The summed E-state index contributed by atoms with van der Waals surface area (Å²) in [6, 6.07) is 5.57. The number of fused-ring (bicyclic) bond motifs is 1. The first-order valence-corrected chi connectivity index (χ1v) is 8.66. The lowest BCUT2D eigenvalue weighted by molar-refractivity contribution is -0.121. The second-order valence-corrected chi connectivity index (χ2v) is 7.13. The second-order valence-electron chi connectivity index (χ2n) is 5.99. The number of nitrogens with one attached hydrogen (secondary N) is 2. The van der Waals surface area contributed by atoms with Gasteiger partial charge in [-0.3, -0.25) is 20.4 Å². The molecule has 2 heterocycles. The molecule has 0 saturated carbocycles. The molecule has 0 radical (unpaired) electrons. The summed E-state index contributed by atoms with van der Waals surface area (Å²) in [5.74, 6) is 0.953. The number of carbonyl (C=O) groups excluding carboxylic acids is 2. The first-order chi connectivity index (χ1) is 11.1. The molecule has 0 unspecified atom stereocenters. The highest BCUT2D eigenvalue weighted by molar-refractivity contribution is 7.14. The van der Waals surface area contributed by atoms with Crippen molar-refractivity contribution in [2.24, 2.45) is 5.92 Å². The molecule has 0 bridgehead atoms. The summed E-state index contributed by atoms with van der Waals surface area (Å²) < 4.78 is 5.17. The van der Waals surface area contributed by atoms with Gasteiger partial charge in [0.15, 0.2) is 0 Å². The van der Waals surface area contributed by atoms with Gasteiger partial charge in [0.1, 0.15) is 5.76 Å². The highest BCUT2D eigenvalue weighted by Gasteiger charge is 2.20. The van der Waals surface area contributed by atoms with Gasteiger partial charge in [-0.1, -0.05) is 6.92 Å². The van der Waals surface area contributed by atoms with Crippen LogP contribution in [-0.4, -0.2) is 11.8 Å². The van der Waals surface area contributed by atoms with Gasteiger partial charge in [0.25, 0.3) is 5.91 Å². The van der Waals surface area contributed by atoms with Gasteiger partial charge in [0, 0.05) is 17.7 Å². The lowest BCUT2D eigenvalue weighted by Gasteiger charge is -2.16. The van der Waals surface area contributed by atoms with E-state index in [1.54, 1.807) is 12.3 Å². The van der Waals surface area contributed by atoms with E-state index in [2.05, 4.69) is 17.8 Å². The number of hydrogen-bond acceptors (Lipinski definition) is 4. The molecule has 0 aromatic carbocycles. The Morgan fingerprint density at radius 3 is 3.04 bits per heavy atom. The number of thiophene rings is 1. The van der Waals surface area contributed by atoms with E-state index in [1.165, 1.54) is 28.2 Å². The van der Waals surface area contributed by atoms with Crippen LogP contribution in [0.2, 0.25) is 0 Å². The van der Waals surface area contributed by atoms with E-state index in [-0.39, 0.29) is 18.2 Å². The van der Waals surface area contributed by atoms with Gasteiger partial charge in [-0.2, -0.15) is 0 Å². The van der Waals surface area contributed by atoms with E-state index in [9.17, 15) is 9.59 Å². The topological polar surface area (TPSA) is 71.3 Å². The summed E-state index contributed by atoms with van der Waals surface area (Å²) in [5, 5.41) is 0. The maximum Gasteiger partial charge on any atom is 0.279 e. The minimum absolute atomic E-state index is 0.232. The summed E-state index contributed by atoms with van der Waals surface area (Å²) in [6.45, 7) is 2.24. The Morgan fingerprint density at radius 1 is 1.39 bits per heavy atom. The second kappa shape index (κ2) is 7.00. The molecule has 6 heteroatoms. The fraction of sp³-hybridized carbons (Fsp3) is 0.412. The highest BCUT2D eigenvalue weighted by atomic mass is 32.1.